The SMILES string of the molecule is CCOCC(C)OC(=O)[C@@H]1CNC[C@H]1C. The first-order valence-electron chi connectivity index (χ1n) is 5.64. The van der Waals surface area contributed by atoms with Gasteiger partial charge >= 0.3 is 5.97 Å². The van der Waals surface area contributed by atoms with Crippen LogP contribution in [0.25, 0.3) is 0 Å². The predicted molar refractivity (Wildman–Crippen MR) is 57.6 cm³/mol. The standard InChI is InChI=1S/C11H21NO3/c1-4-14-7-9(3)15-11(13)10-6-12-5-8(10)2/h8-10,12H,4-7H2,1-3H3/t8-,9?,10-/m1/s1. The van der Waals surface area contributed by atoms with Gasteiger partial charge < -0.3 is 14.8 Å². The van der Waals surface area contributed by atoms with E-state index in [1.54, 1.807) is 0 Å². The van der Waals surface area contributed by atoms with Gasteiger partial charge in [0, 0.05) is 13.2 Å². The van der Waals surface area contributed by atoms with Crippen molar-refractivity contribution < 1.29 is 14.3 Å². The van der Waals surface area contributed by atoms with Crippen molar-refractivity contribution in [2.24, 2.45) is 11.8 Å². The van der Waals surface area contributed by atoms with Gasteiger partial charge in [-0.25, -0.2) is 0 Å². The van der Waals surface area contributed by atoms with Crippen molar-refractivity contribution in [2.45, 2.75) is 26.9 Å². The molecule has 0 amide bonds. The van der Waals surface area contributed by atoms with Gasteiger partial charge in [0.2, 0.25) is 0 Å². The predicted octanol–water partition coefficient (Wildman–Crippen LogP) is 0.810. The second kappa shape index (κ2) is 6.08. The zero-order valence-corrected chi connectivity index (χ0v) is 9.79. The Kier molecular flexibility index (Phi) is 5.05. The van der Waals surface area contributed by atoms with Gasteiger partial charge in [0.15, 0.2) is 0 Å². The zero-order chi connectivity index (χ0) is 11.3. The summed E-state index contributed by atoms with van der Waals surface area (Å²) in [7, 11) is 0. The first-order valence-corrected chi connectivity index (χ1v) is 5.64. The highest BCUT2D eigenvalue weighted by molar-refractivity contribution is 5.73. The number of esters is 1. The Morgan fingerprint density at radius 3 is 2.80 bits per heavy atom. The maximum atomic E-state index is 11.7. The molecular weight excluding hydrogens is 194 g/mol. The normalized spacial score (nSPS) is 27.7. The largest absolute Gasteiger partial charge is 0.460 e. The summed E-state index contributed by atoms with van der Waals surface area (Å²) in [5, 5.41) is 3.19. The third-order valence-corrected chi connectivity index (χ3v) is 2.69. The van der Waals surface area contributed by atoms with Crippen LogP contribution in [-0.2, 0) is 14.3 Å². The smallest absolute Gasteiger partial charge is 0.310 e. The second-order valence-electron chi connectivity index (χ2n) is 4.15. The monoisotopic (exact) mass is 215 g/mol. The Labute approximate surface area is 91.3 Å². The lowest BCUT2D eigenvalue weighted by atomic mass is 9.98. The Morgan fingerprint density at radius 2 is 2.27 bits per heavy atom. The molecule has 0 radical (unpaired) electrons. The summed E-state index contributed by atoms with van der Waals surface area (Å²) in [6.07, 6.45) is -0.148. The molecule has 1 N–H and O–H groups in total. The van der Waals surface area contributed by atoms with Crippen molar-refractivity contribution in [2.75, 3.05) is 26.3 Å². The number of nitrogens with one attached hydrogen (secondary N) is 1. The summed E-state index contributed by atoms with van der Waals surface area (Å²) >= 11 is 0. The first-order chi connectivity index (χ1) is 7.15. The fourth-order valence-electron chi connectivity index (χ4n) is 1.73. The molecule has 1 unspecified atom stereocenters. The van der Waals surface area contributed by atoms with Gasteiger partial charge in [-0.2, -0.15) is 0 Å². The molecule has 0 aromatic carbocycles. The van der Waals surface area contributed by atoms with Gasteiger partial charge in [0.05, 0.1) is 12.5 Å². The van der Waals surface area contributed by atoms with Gasteiger partial charge in [-0.15, -0.1) is 0 Å². The molecule has 1 aliphatic rings. The van der Waals surface area contributed by atoms with Crippen LogP contribution >= 0.6 is 0 Å². The molecule has 3 atom stereocenters. The minimum Gasteiger partial charge on any atom is -0.460 e. The summed E-state index contributed by atoms with van der Waals surface area (Å²) in [5.41, 5.74) is 0. The van der Waals surface area contributed by atoms with Gasteiger partial charge in [0.1, 0.15) is 6.10 Å². The lowest BCUT2D eigenvalue weighted by molar-refractivity contribution is -0.156. The molecule has 4 nitrogen and oxygen atoms in total. The molecular formula is C11H21NO3. The molecule has 88 valence electrons. The van der Waals surface area contributed by atoms with Crippen LogP contribution in [0.3, 0.4) is 0 Å². The number of hydrogen-bond acceptors (Lipinski definition) is 4. The third-order valence-electron chi connectivity index (χ3n) is 2.69. The van der Waals surface area contributed by atoms with Gasteiger partial charge in [-0.05, 0) is 26.3 Å². The number of carbonyl (C=O) groups excluding carboxylic acids is 1. The van der Waals surface area contributed by atoms with Gasteiger partial charge in [0.25, 0.3) is 0 Å². The van der Waals surface area contributed by atoms with E-state index < -0.39 is 0 Å². The minimum absolute atomic E-state index is 0.00840. The van der Waals surface area contributed by atoms with Crippen molar-refractivity contribution in [1.82, 2.24) is 5.32 Å². The van der Waals surface area contributed by atoms with E-state index in [2.05, 4.69) is 12.2 Å². The van der Waals surface area contributed by atoms with Crippen LogP contribution in [0.4, 0.5) is 0 Å². The molecule has 0 saturated carbocycles. The van der Waals surface area contributed by atoms with Crippen molar-refractivity contribution in [3.63, 3.8) is 0 Å². The average Bonchev–Trinajstić information content (AvgIpc) is 2.61. The Balaban J connectivity index is 2.28. The topological polar surface area (TPSA) is 47.6 Å². The molecule has 1 rings (SSSR count). The molecule has 0 aromatic rings. The van der Waals surface area contributed by atoms with E-state index in [1.807, 2.05) is 13.8 Å². The lowest BCUT2D eigenvalue weighted by Crippen LogP contribution is -2.29. The minimum atomic E-state index is -0.148. The molecule has 0 bridgehead atoms. The van der Waals surface area contributed by atoms with E-state index in [4.69, 9.17) is 9.47 Å². The molecule has 1 saturated heterocycles. The fraction of sp³-hybridized carbons (Fsp3) is 0.909. The molecule has 1 heterocycles. The molecule has 1 fully saturated rings. The molecule has 1 aliphatic heterocycles. The van der Waals surface area contributed by atoms with Crippen LogP contribution in [0.5, 0.6) is 0 Å². The van der Waals surface area contributed by atoms with Gasteiger partial charge in [-0.3, -0.25) is 4.79 Å². The van der Waals surface area contributed by atoms with E-state index in [0.29, 0.717) is 19.1 Å². The zero-order valence-electron chi connectivity index (χ0n) is 9.79. The molecule has 15 heavy (non-hydrogen) atoms. The Morgan fingerprint density at radius 1 is 1.53 bits per heavy atom. The van der Waals surface area contributed by atoms with Crippen molar-refractivity contribution in [3.05, 3.63) is 0 Å². The van der Waals surface area contributed by atoms with Crippen LogP contribution in [0.15, 0.2) is 0 Å². The number of hydrogen-bond donors (Lipinski definition) is 1. The summed E-state index contributed by atoms with van der Waals surface area (Å²) in [6.45, 7) is 8.64. The molecule has 0 aromatic heterocycles. The van der Waals surface area contributed by atoms with Crippen LogP contribution in [0, 0.1) is 11.8 Å². The fourth-order valence-corrected chi connectivity index (χ4v) is 1.73. The Bertz CT molecular complexity index is 208. The highest BCUT2D eigenvalue weighted by Gasteiger charge is 2.31. The average molecular weight is 215 g/mol. The molecule has 4 heteroatoms. The van der Waals surface area contributed by atoms with Crippen LogP contribution < -0.4 is 5.32 Å². The van der Waals surface area contributed by atoms with E-state index in [9.17, 15) is 4.79 Å². The number of rotatable bonds is 5. The number of carbonyl (C=O) groups is 1. The van der Waals surface area contributed by atoms with Crippen molar-refractivity contribution in [1.29, 1.82) is 0 Å². The van der Waals surface area contributed by atoms with Crippen LogP contribution in [0.1, 0.15) is 20.8 Å². The summed E-state index contributed by atoms with van der Waals surface area (Å²) in [4.78, 5) is 11.7. The van der Waals surface area contributed by atoms with E-state index in [1.165, 1.54) is 0 Å². The maximum absolute atomic E-state index is 11.7. The van der Waals surface area contributed by atoms with E-state index in [0.717, 1.165) is 13.1 Å². The van der Waals surface area contributed by atoms with Gasteiger partial charge in [-0.1, -0.05) is 6.92 Å². The molecule has 0 spiro atoms. The van der Waals surface area contributed by atoms with E-state index in [-0.39, 0.29) is 18.0 Å². The highest BCUT2D eigenvalue weighted by atomic mass is 16.6. The lowest BCUT2D eigenvalue weighted by Gasteiger charge is -2.17. The van der Waals surface area contributed by atoms with Crippen LogP contribution in [0.2, 0.25) is 0 Å². The maximum Gasteiger partial charge on any atom is 0.310 e. The van der Waals surface area contributed by atoms with E-state index >= 15 is 0 Å². The number of ether oxygens (including phenoxy) is 2. The second-order valence-corrected chi connectivity index (χ2v) is 4.15. The third kappa shape index (κ3) is 3.80. The van der Waals surface area contributed by atoms with Crippen molar-refractivity contribution in [3.8, 4) is 0 Å². The summed E-state index contributed by atoms with van der Waals surface area (Å²) in [5.74, 6) is 0.283. The summed E-state index contributed by atoms with van der Waals surface area (Å²) in [6, 6.07) is 0. The van der Waals surface area contributed by atoms with Crippen LogP contribution in [-0.4, -0.2) is 38.4 Å². The Hall–Kier alpha value is -0.610. The summed E-state index contributed by atoms with van der Waals surface area (Å²) < 4.78 is 10.5. The highest BCUT2D eigenvalue weighted by Crippen LogP contribution is 2.17. The molecule has 0 aliphatic carbocycles. The first kappa shape index (κ1) is 12.5. The quantitative estimate of drug-likeness (QED) is 0.689. The van der Waals surface area contributed by atoms with Crippen molar-refractivity contribution >= 4 is 5.97 Å².